The zero-order chi connectivity index (χ0) is 15.2. The normalized spacial score (nSPS) is 12.3. The molecule has 0 aliphatic heterocycles. The van der Waals surface area contributed by atoms with Crippen LogP contribution in [-0.2, 0) is 4.79 Å². The van der Waals surface area contributed by atoms with Gasteiger partial charge in [-0.25, -0.2) is 0 Å². The third-order valence-corrected chi connectivity index (χ3v) is 3.27. The molecular formula is C18H20N2O. The fraction of sp³-hybridized carbons (Fsp3) is 0.167. The van der Waals surface area contributed by atoms with Gasteiger partial charge in [0.25, 0.3) is 0 Å². The van der Waals surface area contributed by atoms with Crippen LogP contribution in [0.2, 0.25) is 0 Å². The van der Waals surface area contributed by atoms with Crippen LogP contribution < -0.4 is 11.1 Å². The van der Waals surface area contributed by atoms with Gasteiger partial charge < -0.3 is 11.1 Å². The summed E-state index contributed by atoms with van der Waals surface area (Å²) in [7, 11) is 0. The molecule has 0 radical (unpaired) electrons. The summed E-state index contributed by atoms with van der Waals surface area (Å²) in [4.78, 5) is 11.9. The monoisotopic (exact) mass is 280 g/mol. The molecule has 0 fully saturated rings. The van der Waals surface area contributed by atoms with E-state index in [0.29, 0.717) is 5.69 Å². The van der Waals surface area contributed by atoms with Gasteiger partial charge in [-0.15, -0.1) is 0 Å². The van der Waals surface area contributed by atoms with Crippen LogP contribution in [0, 0.1) is 6.92 Å². The number of amides is 1. The number of rotatable bonds is 4. The number of nitrogens with one attached hydrogen (secondary N) is 1. The Kier molecular flexibility index (Phi) is 4.77. The average Bonchev–Trinajstić information content (AvgIpc) is 2.46. The number of hydrogen-bond donors (Lipinski definition) is 2. The van der Waals surface area contributed by atoms with Gasteiger partial charge in [-0.05, 0) is 43.2 Å². The quantitative estimate of drug-likeness (QED) is 0.665. The molecule has 0 aliphatic rings. The highest BCUT2D eigenvalue weighted by molar-refractivity contribution is 5.92. The van der Waals surface area contributed by atoms with Crippen molar-refractivity contribution in [1.82, 2.24) is 5.32 Å². The van der Waals surface area contributed by atoms with Gasteiger partial charge in [-0.3, -0.25) is 4.79 Å². The molecule has 0 spiro atoms. The summed E-state index contributed by atoms with van der Waals surface area (Å²) in [6.45, 7) is 4.01. The van der Waals surface area contributed by atoms with E-state index in [1.165, 1.54) is 11.6 Å². The number of aryl methyl sites for hydroxylation is 1. The van der Waals surface area contributed by atoms with Crippen LogP contribution in [0.4, 0.5) is 5.69 Å². The van der Waals surface area contributed by atoms with Gasteiger partial charge in [0.15, 0.2) is 0 Å². The Morgan fingerprint density at radius 3 is 2.57 bits per heavy atom. The van der Waals surface area contributed by atoms with Crippen LogP contribution in [0.25, 0.3) is 6.08 Å². The Hall–Kier alpha value is -2.55. The molecule has 1 amide bonds. The molecule has 0 bridgehead atoms. The minimum Gasteiger partial charge on any atom is -0.399 e. The first-order chi connectivity index (χ1) is 10.0. The molecule has 3 heteroatoms. The van der Waals surface area contributed by atoms with Gasteiger partial charge in [-0.2, -0.15) is 0 Å². The van der Waals surface area contributed by atoms with E-state index in [2.05, 4.69) is 5.32 Å². The minimum atomic E-state index is -0.120. The zero-order valence-electron chi connectivity index (χ0n) is 12.3. The molecule has 3 N–H and O–H groups in total. The Bertz CT molecular complexity index is 645. The van der Waals surface area contributed by atoms with Crippen LogP contribution in [0.1, 0.15) is 29.7 Å². The first kappa shape index (κ1) is 14.9. The molecule has 0 aliphatic carbocycles. The number of anilines is 1. The summed E-state index contributed by atoms with van der Waals surface area (Å²) in [5.74, 6) is -0.120. The van der Waals surface area contributed by atoms with E-state index in [1.54, 1.807) is 6.08 Å². The number of carbonyl (C=O) groups is 1. The van der Waals surface area contributed by atoms with E-state index in [4.69, 9.17) is 5.73 Å². The predicted octanol–water partition coefficient (Wildman–Crippen LogP) is 3.47. The molecule has 0 heterocycles. The Labute approximate surface area is 125 Å². The third kappa shape index (κ3) is 4.49. The second-order valence-corrected chi connectivity index (χ2v) is 5.14. The predicted molar refractivity (Wildman–Crippen MR) is 87.6 cm³/mol. The Balaban J connectivity index is 1.96. The van der Waals surface area contributed by atoms with Crippen molar-refractivity contribution in [1.29, 1.82) is 0 Å². The van der Waals surface area contributed by atoms with E-state index >= 15 is 0 Å². The fourth-order valence-corrected chi connectivity index (χ4v) is 2.03. The van der Waals surface area contributed by atoms with E-state index in [-0.39, 0.29) is 11.9 Å². The molecule has 1 atom stereocenters. The fourth-order valence-electron chi connectivity index (χ4n) is 2.03. The van der Waals surface area contributed by atoms with Gasteiger partial charge in [0.05, 0.1) is 6.04 Å². The number of benzene rings is 2. The van der Waals surface area contributed by atoms with E-state index in [1.807, 2.05) is 62.4 Å². The standard InChI is InChI=1S/C18H20N2O/c1-13-6-9-16(10-7-13)14(2)20-18(21)11-8-15-4-3-5-17(19)12-15/h3-12,14H,19H2,1-2H3,(H,20,21)/b11-8+/t14-/m0/s1. The van der Waals surface area contributed by atoms with Gasteiger partial charge >= 0.3 is 0 Å². The van der Waals surface area contributed by atoms with Crippen LogP contribution in [0.3, 0.4) is 0 Å². The maximum absolute atomic E-state index is 11.9. The van der Waals surface area contributed by atoms with Crippen molar-refractivity contribution in [2.75, 3.05) is 5.73 Å². The van der Waals surface area contributed by atoms with Crippen molar-refractivity contribution in [3.8, 4) is 0 Å². The van der Waals surface area contributed by atoms with Crippen molar-refractivity contribution >= 4 is 17.7 Å². The second kappa shape index (κ2) is 6.75. The first-order valence-corrected chi connectivity index (χ1v) is 6.95. The van der Waals surface area contributed by atoms with E-state index in [9.17, 15) is 4.79 Å². The largest absolute Gasteiger partial charge is 0.399 e. The minimum absolute atomic E-state index is 0.0245. The van der Waals surface area contributed by atoms with Crippen LogP contribution in [0.5, 0.6) is 0 Å². The summed E-state index contributed by atoms with van der Waals surface area (Å²) < 4.78 is 0. The van der Waals surface area contributed by atoms with Gasteiger partial charge in [-0.1, -0.05) is 42.0 Å². The van der Waals surface area contributed by atoms with Crippen LogP contribution in [0.15, 0.2) is 54.6 Å². The van der Waals surface area contributed by atoms with Gasteiger partial charge in [0.2, 0.25) is 5.91 Å². The molecule has 0 saturated carbocycles. The number of nitrogens with two attached hydrogens (primary N) is 1. The maximum atomic E-state index is 11.9. The van der Waals surface area contributed by atoms with Crippen molar-refractivity contribution in [3.05, 3.63) is 71.3 Å². The molecule has 2 aromatic carbocycles. The molecule has 3 nitrogen and oxygen atoms in total. The van der Waals surface area contributed by atoms with Crippen molar-refractivity contribution in [2.45, 2.75) is 19.9 Å². The molecule has 2 aromatic rings. The smallest absolute Gasteiger partial charge is 0.244 e. The summed E-state index contributed by atoms with van der Waals surface area (Å²) >= 11 is 0. The highest BCUT2D eigenvalue weighted by Crippen LogP contribution is 2.13. The van der Waals surface area contributed by atoms with Gasteiger partial charge in [0.1, 0.15) is 0 Å². The van der Waals surface area contributed by atoms with Crippen molar-refractivity contribution in [2.24, 2.45) is 0 Å². The summed E-state index contributed by atoms with van der Waals surface area (Å²) in [6.07, 6.45) is 3.28. The number of hydrogen-bond acceptors (Lipinski definition) is 2. The topological polar surface area (TPSA) is 55.1 Å². The lowest BCUT2D eigenvalue weighted by Gasteiger charge is -2.13. The summed E-state index contributed by atoms with van der Waals surface area (Å²) in [6, 6.07) is 15.5. The van der Waals surface area contributed by atoms with Crippen LogP contribution in [-0.4, -0.2) is 5.91 Å². The van der Waals surface area contributed by atoms with E-state index < -0.39 is 0 Å². The highest BCUT2D eigenvalue weighted by atomic mass is 16.1. The summed E-state index contributed by atoms with van der Waals surface area (Å²) in [5.41, 5.74) is 9.59. The third-order valence-electron chi connectivity index (χ3n) is 3.27. The molecule has 2 rings (SSSR count). The molecular weight excluding hydrogens is 260 g/mol. The molecule has 21 heavy (non-hydrogen) atoms. The Morgan fingerprint density at radius 2 is 1.90 bits per heavy atom. The molecule has 108 valence electrons. The summed E-state index contributed by atoms with van der Waals surface area (Å²) in [5, 5.41) is 2.94. The van der Waals surface area contributed by atoms with Crippen molar-refractivity contribution < 1.29 is 4.79 Å². The zero-order valence-corrected chi connectivity index (χ0v) is 12.3. The second-order valence-electron chi connectivity index (χ2n) is 5.14. The molecule has 0 saturated heterocycles. The maximum Gasteiger partial charge on any atom is 0.244 e. The highest BCUT2D eigenvalue weighted by Gasteiger charge is 2.06. The van der Waals surface area contributed by atoms with Crippen LogP contribution >= 0.6 is 0 Å². The van der Waals surface area contributed by atoms with E-state index in [0.717, 1.165) is 11.1 Å². The Morgan fingerprint density at radius 1 is 1.19 bits per heavy atom. The molecule has 0 unspecified atom stereocenters. The first-order valence-electron chi connectivity index (χ1n) is 6.95. The average molecular weight is 280 g/mol. The number of nitrogen functional groups attached to an aromatic ring is 1. The lowest BCUT2D eigenvalue weighted by molar-refractivity contribution is -0.117. The SMILES string of the molecule is Cc1ccc([C@H](C)NC(=O)/C=C/c2cccc(N)c2)cc1. The lowest BCUT2D eigenvalue weighted by atomic mass is 10.1. The van der Waals surface area contributed by atoms with Crippen molar-refractivity contribution in [3.63, 3.8) is 0 Å². The van der Waals surface area contributed by atoms with Gasteiger partial charge in [0, 0.05) is 11.8 Å². The lowest BCUT2D eigenvalue weighted by Crippen LogP contribution is -2.24. The molecule has 0 aromatic heterocycles. The number of carbonyl (C=O) groups excluding carboxylic acids is 1.